The van der Waals surface area contributed by atoms with Gasteiger partial charge in [-0.15, -0.1) is 0 Å². The van der Waals surface area contributed by atoms with Gasteiger partial charge in [-0.2, -0.15) is 13.2 Å². The lowest BCUT2D eigenvalue weighted by molar-refractivity contribution is -0.192. The Bertz CT molecular complexity index is 2070. The van der Waals surface area contributed by atoms with E-state index in [9.17, 15) is 26.4 Å². The van der Waals surface area contributed by atoms with Gasteiger partial charge in [0.25, 0.3) is 0 Å². The number of piperazine rings is 1. The second-order valence-corrected chi connectivity index (χ2v) is 15.7. The molecule has 2 heterocycles. The van der Waals surface area contributed by atoms with Gasteiger partial charge in [-0.25, -0.2) is 27.7 Å². The highest BCUT2D eigenvalue weighted by molar-refractivity contribution is 7.89. The first kappa shape index (κ1) is 44.7. The molecule has 5 rings (SSSR count). The Balaban J connectivity index is 0.000000908. The third-order valence-corrected chi connectivity index (χ3v) is 11.7. The summed E-state index contributed by atoms with van der Waals surface area (Å²) in [5.41, 5.74) is 15.2. The van der Waals surface area contributed by atoms with Crippen molar-refractivity contribution in [3.63, 3.8) is 0 Å². The van der Waals surface area contributed by atoms with Crippen LogP contribution < -0.4 is 31.6 Å². The number of alkyl halides is 3. The number of carboxylic acid groups (broad SMARTS) is 1. The third-order valence-electron chi connectivity index (χ3n) is 9.24. The molecule has 1 aromatic heterocycles. The van der Waals surface area contributed by atoms with Gasteiger partial charge >= 0.3 is 12.1 Å². The molecule has 0 spiro atoms. The van der Waals surface area contributed by atoms with E-state index in [0.29, 0.717) is 74.5 Å². The zero-order valence-corrected chi connectivity index (χ0v) is 33.1. The number of aryl methyl sites for hydroxylation is 2. The molecular weight excluding hydrogens is 800 g/mol. The first-order valence-electron chi connectivity index (χ1n) is 17.7. The normalized spacial score (nSPS) is 19.1. The Morgan fingerprint density at radius 1 is 1.20 bits per heavy atom. The number of aliphatic carboxylic acids is 1. The standard InChI is InChI=1S/C34H44Cl2N8O4S.C2HF3O2/c1-21-17-22(2)42-33-25(21)5-3-6-29(33)48-20-26-27(35)9-10-30(31(26)36)49(46,47)43-24-8-7-23(18-24)32-28(19-45)44(16-15-40-32)34(38)41-14-13-39-12-4-11-37;3-2(4,5)1(6)7/h3,5-6,9-10,17,23-24,32,39-40,43H,4,7-8,11-16,18,20,37H2,1-2H3,(H2,38,41);(H,6,7). The predicted molar refractivity (Wildman–Crippen MR) is 208 cm³/mol. The van der Waals surface area contributed by atoms with Crippen molar-refractivity contribution in [1.82, 2.24) is 25.2 Å². The minimum absolute atomic E-state index is 0.00444. The Labute approximate surface area is 332 Å². The number of benzene rings is 2. The van der Waals surface area contributed by atoms with Crippen LogP contribution in [0.2, 0.25) is 10.0 Å². The summed E-state index contributed by atoms with van der Waals surface area (Å²) in [6, 6.07) is 9.88. The Kier molecular flexibility index (Phi) is 15.9. The van der Waals surface area contributed by atoms with Crippen LogP contribution in [0.4, 0.5) is 13.2 Å². The monoisotopic (exact) mass is 844 g/mol. The molecule has 306 valence electrons. The zero-order valence-electron chi connectivity index (χ0n) is 30.8. The van der Waals surface area contributed by atoms with Crippen molar-refractivity contribution in [3.05, 3.63) is 69.0 Å². The van der Waals surface area contributed by atoms with Gasteiger partial charge in [0.15, 0.2) is 5.96 Å². The number of carboxylic acids is 1. The van der Waals surface area contributed by atoms with Crippen LogP contribution in [0.15, 0.2) is 52.0 Å². The second kappa shape index (κ2) is 19.9. The first-order valence-corrected chi connectivity index (χ1v) is 20.0. The second-order valence-electron chi connectivity index (χ2n) is 13.3. The van der Waals surface area contributed by atoms with Crippen LogP contribution in [0.1, 0.15) is 42.5 Å². The molecule has 1 saturated heterocycles. The number of carbonyl (C=O) groups excluding carboxylic acids is 1. The number of carbonyl (C=O) groups is 1. The van der Waals surface area contributed by atoms with Crippen molar-refractivity contribution in [3.8, 4) is 5.75 Å². The summed E-state index contributed by atoms with van der Waals surface area (Å²) in [5, 5.41) is 15.0. The fourth-order valence-electron chi connectivity index (χ4n) is 6.60. The summed E-state index contributed by atoms with van der Waals surface area (Å²) in [7, 11) is -4.03. The van der Waals surface area contributed by atoms with E-state index < -0.39 is 22.2 Å². The number of guanidine groups is 1. The van der Waals surface area contributed by atoms with Crippen LogP contribution in [0.5, 0.6) is 5.75 Å². The van der Waals surface area contributed by atoms with Gasteiger partial charge in [0, 0.05) is 47.3 Å². The number of rotatable bonds is 13. The number of hydrogen-bond acceptors (Lipinski definition) is 10. The maximum Gasteiger partial charge on any atom is 0.490 e. The van der Waals surface area contributed by atoms with Gasteiger partial charge in [-0.1, -0.05) is 35.3 Å². The zero-order chi connectivity index (χ0) is 41.2. The largest absolute Gasteiger partial charge is 0.490 e. The number of halogens is 5. The van der Waals surface area contributed by atoms with Crippen LogP contribution in [0, 0.1) is 19.8 Å². The van der Waals surface area contributed by atoms with Crippen molar-refractivity contribution in [1.29, 1.82) is 0 Å². The number of ether oxygens (including phenoxy) is 1. The highest BCUT2D eigenvalue weighted by Gasteiger charge is 2.40. The maximum atomic E-state index is 13.7. The molecule has 0 amide bonds. The van der Waals surface area contributed by atoms with Crippen molar-refractivity contribution in [2.24, 2.45) is 22.4 Å². The summed E-state index contributed by atoms with van der Waals surface area (Å²) >= 11 is 13.2. The molecule has 1 aliphatic carbocycles. The van der Waals surface area contributed by atoms with Crippen LogP contribution in [0.25, 0.3) is 10.9 Å². The molecule has 56 heavy (non-hydrogen) atoms. The lowest BCUT2D eigenvalue weighted by Crippen LogP contribution is -2.55. The highest BCUT2D eigenvalue weighted by atomic mass is 35.5. The fourth-order valence-corrected chi connectivity index (χ4v) is 8.77. The predicted octanol–water partition coefficient (Wildman–Crippen LogP) is 4.06. The molecule has 0 bridgehead atoms. The molecule has 3 atom stereocenters. The molecule has 8 N–H and O–H groups in total. The van der Waals surface area contributed by atoms with Gasteiger partial charge in [0.1, 0.15) is 34.4 Å². The lowest BCUT2D eigenvalue weighted by Gasteiger charge is -2.37. The molecule has 0 radical (unpaired) electrons. The number of nitrogens with zero attached hydrogens (tertiary/aromatic N) is 3. The van der Waals surface area contributed by atoms with E-state index >= 15 is 0 Å². The third kappa shape index (κ3) is 11.5. The topological polar surface area (TPSA) is 214 Å². The van der Waals surface area contributed by atoms with E-state index in [1.807, 2.05) is 38.1 Å². The molecule has 1 saturated carbocycles. The Hall–Kier alpha value is -4.00. The molecular formula is C36H45Cl2F3N8O6S. The summed E-state index contributed by atoms with van der Waals surface area (Å²) in [4.78, 5) is 31.8. The molecule has 1 aliphatic heterocycles. The Morgan fingerprint density at radius 2 is 1.93 bits per heavy atom. The summed E-state index contributed by atoms with van der Waals surface area (Å²) in [6.07, 6.45) is -2.42. The average Bonchev–Trinajstić information content (AvgIpc) is 3.59. The van der Waals surface area contributed by atoms with Crippen LogP contribution >= 0.6 is 23.2 Å². The van der Waals surface area contributed by atoms with Gasteiger partial charge in [-0.3, -0.25) is 4.99 Å². The number of fused-ring (bicyclic) bond motifs is 1. The number of aromatic nitrogens is 1. The molecule has 3 aromatic rings. The summed E-state index contributed by atoms with van der Waals surface area (Å²) in [5.74, 6) is 0.108. The minimum Gasteiger partial charge on any atom is -0.487 e. The SMILES string of the molecule is Cc1cc(C)c2cccc(OCc3c(Cl)ccc(S(=O)(=O)NC4CCC(C5NCCN(C(N)=NCCNCCCN)C5=C=O)C4)c3Cl)c2n1.O=C(O)C(F)(F)F. The number of nitrogens with one attached hydrogen (secondary N) is 3. The minimum atomic E-state index is -5.08. The quantitative estimate of drug-likeness (QED) is 0.0622. The number of aliphatic imine (C=N–C) groups is 1. The summed E-state index contributed by atoms with van der Waals surface area (Å²) < 4.78 is 68.1. The first-order chi connectivity index (χ1) is 26.5. The van der Waals surface area contributed by atoms with E-state index in [4.69, 9.17) is 49.3 Å². The molecule has 2 fully saturated rings. The van der Waals surface area contributed by atoms with Crippen molar-refractivity contribution in [2.45, 2.75) is 69.3 Å². The van der Waals surface area contributed by atoms with Crippen molar-refractivity contribution in [2.75, 3.05) is 39.3 Å². The maximum absolute atomic E-state index is 13.7. The number of nitrogens with two attached hydrogens (primary N) is 2. The van der Waals surface area contributed by atoms with Crippen LogP contribution in [0.3, 0.4) is 0 Å². The van der Waals surface area contributed by atoms with Crippen LogP contribution in [-0.2, 0) is 26.2 Å². The average molecular weight is 846 g/mol. The Morgan fingerprint density at radius 3 is 2.61 bits per heavy atom. The van der Waals surface area contributed by atoms with Gasteiger partial charge in [0.2, 0.25) is 10.0 Å². The van der Waals surface area contributed by atoms with E-state index in [1.165, 1.54) is 12.1 Å². The lowest BCUT2D eigenvalue weighted by atomic mass is 9.93. The number of sulfonamides is 1. The molecule has 20 heteroatoms. The van der Waals surface area contributed by atoms with E-state index in [0.717, 1.165) is 29.6 Å². The van der Waals surface area contributed by atoms with E-state index in [-0.39, 0.29) is 45.5 Å². The van der Waals surface area contributed by atoms with E-state index in [1.54, 1.807) is 4.90 Å². The molecule has 2 aliphatic rings. The van der Waals surface area contributed by atoms with Gasteiger partial charge in [0.05, 0.1) is 17.6 Å². The van der Waals surface area contributed by atoms with Gasteiger partial charge in [-0.05, 0) is 88.4 Å². The number of para-hydroxylation sites is 1. The fraction of sp³-hybridized carbons (Fsp3) is 0.472. The smallest absolute Gasteiger partial charge is 0.487 e. The molecule has 3 unspecified atom stereocenters. The van der Waals surface area contributed by atoms with Crippen molar-refractivity contribution < 1.29 is 41.0 Å². The number of pyridine rings is 1. The van der Waals surface area contributed by atoms with Crippen molar-refractivity contribution >= 4 is 62.0 Å². The van der Waals surface area contributed by atoms with Crippen LogP contribution in [-0.4, -0.2) is 98.8 Å². The molecule has 2 aromatic carbocycles. The highest BCUT2D eigenvalue weighted by Crippen LogP contribution is 2.36. The summed E-state index contributed by atoms with van der Waals surface area (Å²) in [6.45, 7) is 7.48. The molecule has 14 nitrogen and oxygen atoms in total. The van der Waals surface area contributed by atoms with E-state index in [2.05, 4.69) is 31.3 Å². The van der Waals surface area contributed by atoms with Gasteiger partial charge < -0.3 is 36.8 Å². The number of hydrogen-bond donors (Lipinski definition) is 6.